The highest BCUT2D eigenvalue weighted by molar-refractivity contribution is 5.84. The van der Waals surface area contributed by atoms with Crippen LogP contribution in [0, 0.1) is 5.92 Å². The molecule has 1 saturated heterocycles. The van der Waals surface area contributed by atoms with E-state index < -0.39 is 12.1 Å². The van der Waals surface area contributed by atoms with Crippen molar-refractivity contribution in [3.8, 4) is 28.1 Å². The normalized spacial score (nSPS) is 16.4. The average Bonchev–Trinajstić information content (AvgIpc) is 3.32. The Balaban J connectivity index is 1.49. The third-order valence-corrected chi connectivity index (χ3v) is 6.12. The fourth-order valence-corrected chi connectivity index (χ4v) is 4.12. The SMILES string of the molecule is CC(C)[C@H]1CN(c2ncc(-c3ccc(-c4cnn5cccnc45)cc3OC(=O)C(F)(F)F)nn2)CCN1. The fraction of sp³-hybridized carbons (Fsp3) is 0.333. The van der Waals surface area contributed by atoms with E-state index >= 15 is 0 Å². The summed E-state index contributed by atoms with van der Waals surface area (Å²) >= 11 is 0. The van der Waals surface area contributed by atoms with Gasteiger partial charge in [-0.15, -0.1) is 10.2 Å². The molecule has 3 aromatic heterocycles. The number of anilines is 1. The first-order valence-electron chi connectivity index (χ1n) is 11.6. The number of esters is 1. The first-order valence-corrected chi connectivity index (χ1v) is 11.6. The number of nitrogens with zero attached hydrogens (tertiary/aromatic N) is 7. The number of piperazine rings is 1. The molecule has 0 amide bonds. The number of fused-ring (bicyclic) bond motifs is 1. The van der Waals surface area contributed by atoms with E-state index in [1.54, 1.807) is 24.5 Å². The third-order valence-electron chi connectivity index (χ3n) is 6.12. The van der Waals surface area contributed by atoms with Crippen LogP contribution in [0.25, 0.3) is 28.0 Å². The van der Waals surface area contributed by atoms with Crippen LogP contribution < -0.4 is 15.0 Å². The number of rotatable bonds is 5. The summed E-state index contributed by atoms with van der Waals surface area (Å²) in [6.45, 7) is 6.42. The van der Waals surface area contributed by atoms with Gasteiger partial charge in [-0.1, -0.05) is 19.9 Å². The summed E-state index contributed by atoms with van der Waals surface area (Å²) in [6.07, 6.45) is 1.02. The third kappa shape index (κ3) is 5.07. The highest BCUT2D eigenvalue weighted by Gasteiger charge is 2.42. The highest BCUT2D eigenvalue weighted by Crippen LogP contribution is 2.35. The number of carbonyl (C=O) groups excluding carboxylic acids is 1. The molecule has 0 bridgehead atoms. The predicted octanol–water partition coefficient (Wildman–Crippen LogP) is 3.15. The van der Waals surface area contributed by atoms with E-state index in [1.165, 1.54) is 29.0 Å². The van der Waals surface area contributed by atoms with Gasteiger partial charge in [0.25, 0.3) is 0 Å². The van der Waals surface area contributed by atoms with Crippen LogP contribution in [0.4, 0.5) is 19.1 Å². The van der Waals surface area contributed by atoms with Crippen molar-refractivity contribution in [1.82, 2.24) is 35.1 Å². The first-order chi connectivity index (χ1) is 17.7. The van der Waals surface area contributed by atoms with Gasteiger partial charge in [-0.25, -0.2) is 19.3 Å². The van der Waals surface area contributed by atoms with Gasteiger partial charge in [0, 0.05) is 49.2 Å². The molecule has 1 atom stereocenters. The first kappa shape index (κ1) is 24.6. The van der Waals surface area contributed by atoms with Gasteiger partial charge in [0.2, 0.25) is 5.95 Å². The van der Waals surface area contributed by atoms with Crippen molar-refractivity contribution >= 4 is 17.6 Å². The maximum atomic E-state index is 13.0. The summed E-state index contributed by atoms with van der Waals surface area (Å²) in [7, 11) is 0. The van der Waals surface area contributed by atoms with E-state index in [0.29, 0.717) is 41.7 Å². The standard InChI is InChI=1S/C24H23F3N8O2/c1-14(2)19-13-34(9-7-28-19)23-30-12-18(32-33-23)16-5-4-15(10-20(16)37-22(36)24(25,26)27)17-11-31-35-8-3-6-29-21(17)35/h3-6,8,10-12,14,19,28H,7,9,13H2,1-2H3/t19-/m1/s1. The van der Waals surface area contributed by atoms with Gasteiger partial charge in [-0.05, 0) is 29.7 Å². The molecule has 0 radical (unpaired) electrons. The summed E-state index contributed by atoms with van der Waals surface area (Å²) in [5, 5.41) is 16.0. The monoisotopic (exact) mass is 512 g/mol. The molecule has 0 aliphatic carbocycles. The Kier molecular flexibility index (Phi) is 6.46. The highest BCUT2D eigenvalue weighted by atomic mass is 19.4. The number of nitrogens with one attached hydrogen (secondary N) is 1. The Bertz CT molecular complexity index is 1420. The molecule has 1 aliphatic rings. The molecule has 4 aromatic rings. The second-order valence-electron chi connectivity index (χ2n) is 8.94. The minimum atomic E-state index is -5.18. The predicted molar refractivity (Wildman–Crippen MR) is 128 cm³/mol. The maximum absolute atomic E-state index is 13.0. The summed E-state index contributed by atoms with van der Waals surface area (Å²) in [6, 6.07) is 6.45. The second kappa shape index (κ2) is 9.73. The molecule has 0 spiro atoms. The Morgan fingerprint density at radius 1 is 1.16 bits per heavy atom. The molecular weight excluding hydrogens is 489 g/mol. The van der Waals surface area contributed by atoms with Gasteiger partial charge >= 0.3 is 12.1 Å². The quantitative estimate of drug-likeness (QED) is 0.318. The summed E-state index contributed by atoms with van der Waals surface area (Å²) in [4.78, 5) is 22.4. The zero-order valence-corrected chi connectivity index (χ0v) is 20.0. The van der Waals surface area contributed by atoms with Gasteiger partial charge < -0.3 is 15.0 Å². The van der Waals surface area contributed by atoms with Gasteiger partial charge in [-0.3, -0.25) is 0 Å². The van der Waals surface area contributed by atoms with Crippen molar-refractivity contribution in [2.24, 2.45) is 5.92 Å². The van der Waals surface area contributed by atoms with Gasteiger partial charge in [0.05, 0.1) is 12.4 Å². The number of ether oxygens (including phenoxy) is 1. The van der Waals surface area contributed by atoms with E-state index in [9.17, 15) is 18.0 Å². The Morgan fingerprint density at radius 3 is 2.73 bits per heavy atom. The number of aromatic nitrogens is 6. The molecule has 13 heteroatoms. The number of hydrogen-bond acceptors (Lipinski definition) is 9. The summed E-state index contributed by atoms with van der Waals surface area (Å²) in [5.41, 5.74) is 1.80. The molecule has 1 aromatic carbocycles. The second-order valence-corrected chi connectivity index (χ2v) is 8.94. The zero-order chi connectivity index (χ0) is 26.2. The van der Waals surface area contributed by atoms with Gasteiger partial charge in [0.15, 0.2) is 5.65 Å². The molecule has 1 N–H and O–H groups in total. The van der Waals surface area contributed by atoms with E-state index in [2.05, 4.69) is 44.4 Å². The summed E-state index contributed by atoms with van der Waals surface area (Å²) < 4.78 is 45.5. The smallest absolute Gasteiger partial charge is 0.419 e. The van der Waals surface area contributed by atoms with Crippen LogP contribution in [0.3, 0.4) is 0 Å². The lowest BCUT2D eigenvalue weighted by atomic mass is 10.0. The minimum absolute atomic E-state index is 0.137. The van der Waals surface area contributed by atoms with Crippen molar-refractivity contribution < 1.29 is 22.7 Å². The molecule has 5 rings (SSSR count). The van der Waals surface area contributed by atoms with Crippen LogP contribution in [-0.2, 0) is 4.79 Å². The van der Waals surface area contributed by atoms with Crippen LogP contribution in [0.2, 0.25) is 0 Å². The van der Waals surface area contributed by atoms with Crippen LogP contribution in [-0.4, -0.2) is 67.6 Å². The van der Waals surface area contributed by atoms with Gasteiger partial charge in [0.1, 0.15) is 11.4 Å². The topological polar surface area (TPSA) is 110 Å². The molecule has 192 valence electrons. The van der Waals surface area contributed by atoms with E-state index in [-0.39, 0.29) is 23.0 Å². The average molecular weight is 512 g/mol. The number of carbonyl (C=O) groups is 1. The van der Waals surface area contributed by atoms with Crippen LogP contribution in [0.5, 0.6) is 5.75 Å². The van der Waals surface area contributed by atoms with Crippen molar-refractivity contribution in [2.75, 3.05) is 24.5 Å². The van der Waals surface area contributed by atoms with Gasteiger partial charge in [-0.2, -0.15) is 18.3 Å². The van der Waals surface area contributed by atoms with Crippen LogP contribution in [0.15, 0.2) is 49.1 Å². The largest absolute Gasteiger partial charge is 0.491 e. The van der Waals surface area contributed by atoms with Crippen LogP contribution >= 0.6 is 0 Å². The van der Waals surface area contributed by atoms with Crippen molar-refractivity contribution in [3.63, 3.8) is 0 Å². The number of alkyl halides is 3. The Hall–Kier alpha value is -4.13. The van der Waals surface area contributed by atoms with Crippen LogP contribution in [0.1, 0.15) is 13.8 Å². The lowest BCUT2D eigenvalue weighted by Crippen LogP contribution is -2.53. The molecule has 10 nitrogen and oxygen atoms in total. The number of benzene rings is 1. The van der Waals surface area contributed by atoms with E-state index in [4.69, 9.17) is 4.74 Å². The molecule has 1 aliphatic heterocycles. The lowest BCUT2D eigenvalue weighted by Gasteiger charge is -2.35. The molecule has 1 fully saturated rings. The maximum Gasteiger partial charge on any atom is 0.491 e. The lowest BCUT2D eigenvalue weighted by molar-refractivity contribution is -0.189. The molecule has 37 heavy (non-hydrogen) atoms. The summed E-state index contributed by atoms with van der Waals surface area (Å²) in [5.74, 6) is -1.84. The molecule has 0 unspecified atom stereocenters. The Labute approximate surface area is 209 Å². The fourth-order valence-electron chi connectivity index (χ4n) is 4.12. The van der Waals surface area contributed by atoms with Crippen molar-refractivity contribution in [2.45, 2.75) is 26.1 Å². The molecular formula is C24H23F3N8O2. The van der Waals surface area contributed by atoms with E-state index in [0.717, 1.165) is 6.54 Å². The Morgan fingerprint density at radius 2 is 2.00 bits per heavy atom. The van der Waals surface area contributed by atoms with E-state index in [1.807, 2.05) is 4.90 Å². The van der Waals surface area contributed by atoms with Crippen molar-refractivity contribution in [3.05, 3.63) is 49.1 Å². The number of halogens is 3. The zero-order valence-electron chi connectivity index (χ0n) is 20.0. The van der Waals surface area contributed by atoms with Crippen molar-refractivity contribution in [1.29, 1.82) is 0 Å². The number of hydrogen-bond donors (Lipinski definition) is 1. The molecule has 4 heterocycles. The minimum Gasteiger partial charge on any atom is -0.419 e. The molecule has 0 saturated carbocycles.